The number of benzene rings is 1. The summed E-state index contributed by atoms with van der Waals surface area (Å²) in [7, 11) is 0. The average molecular weight is 483 g/mol. The van der Waals surface area contributed by atoms with Crippen molar-refractivity contribution in [2.24, 2.45) is 0 Å². The maximum Gasteiger partial charge on any atom is 0.389 e. The van der Waals surface area contributed by atoms with Crippen LogP contribution < -0.4 is 5.32 Å². The second kappa shape index (κ2) is 8.87. The molecule has 3 aromatic rings. The number of halogens is 3. The van der Waals surface area contributed by atoms with Gasteiger partial charge >= 0.3 is 6.18 Å². The minimum absolute atomic E-state index is 0.0181. The number of alkyl halides is 3. The van der Waals surface area contributed by atoms with Crippen molar-refractivity contribution in [1.82, 2.24) is 25.0 Å². The van der Waals surface area contributed by atoms with Crippen LogP contribution in [0.1, 0.15) is 48.2 Å². The number of carbonyl (C=O) groups excluding carboxylic acids is 1. The van der Waals surface area contributed by atoms with Crippen LogP contribution in [-0.2, 0) is 6.54 Å². The number of amides is 1. The highest BCUT2D eigenvalue weighted by Crippen LogP contribution is 2.37. The predicted octanol–water partition coefficient (Wildman–Crippen LogP) is 4.57. The Balaban J connectivity index is 1.44. The van der Waals surface area contributed by atoms with E-state index in [0.29, 0.717) is 22.5 Å². The van der Waals surface area contributed by atoms with Crippen molar-refractivity contribution in [1.29, 1.82) is 5.26 Å². The molecule has 10 heteroatoms. The Morgan fingerprint density at radius 2 is 2.09 bits per heavy atom. The predicted molar refractivity (Wildman–Crippen MR) is 123 cm³/mol. The molecule has 35 heavy (non-hydrogen) atoms. The van der Waals surface area contributed by atoms with Crippen molar-refractivity contribution in [3.05, 3.63) is 47.7 Å². The molecule has 0 saturated carbocycles. The molecule has 182 valence electrons. The summed E-state index contributed by atoms with van der Waals surface area (Å²) in [5, 5.41) is 17.8. The molecule has 2 aliphatic rings. The number of nitriles is 1. The lowest BCUT2D eigenvalue weighted by Crippen LogP contribution is -2.43. The third-order valence-corrected chi connectivity index (χ3v) is 6.94. The second-order valence-electron chi connectivity index (χ2n) is 9.31. The highest BCUT2D eigenvalue weighted by molar-refractivity contribution is 6.01. The van der Waals surface area contributed by atoms with Crippen LogP contribution in [-0.4, -0.2) is 49.9 Å². The van der Waals surface area contributed by atoms with Crippen molar-refractivity contribution in [2.45, 2.75) is 69.9 Å². The lowest BCUT2D eigenvalue weighted by molar-refractivity contribution is -0.135. The molecule has 1 amide bonds. The van der Waals surface area contributed by atoms with E-state index in [1.165, 1.54) is 4.68 Å². The molecule has 4 heterocycles. The highest BCUT2D eigenvalue weighted by atomic mass is 19.4. The third kappa shape index (κ3) is 4.55. The molecule has 2 saturated heterocycles. The van der Waals surface area contributed by atoms with Gasteiger partial charge in [-0.3, -0.25) is 14.5 Å². The van der Waals surface area contributed by atoms with Crippen molar-refractivity contribution in [3.63, 3.8) is 0 Å². The minimum Gasteiger partial charge on any atom is -0.347 e. The molecule has 2 aromatic heterocycles. The summed E-state index contributed by atoms with van der Waals surface area (Å²) in [5.41, 5.74) is 2.99. The molecule has 1 aromatic carbocycles. The molecular weight excluding hydrogens is 457 g/mol. The van der Waals surface area contributed by atoms with Gasteiger partial charge in [0.2, 0.25) is 0 Å². The lowest BCUT2D eigenvalue weighted by Gasteiger charge is -2.22. The first-order valence-corrected chi connectivity index (χ1v) is 11.7. The molecular formula is C25H25F3N6O. The summed E-state index contributed by atoms with van der Waals surface area (Å²) >= 11 is 0. The molecule has 0 unspecified atom stereocenters. The molecule has 0 spiro atoms. The van der Waals surface area contributed by atoms with Crippen molar-refractivity contribution in [2.75, 3.05) is 0 Å². The molecule has 2 bridgehead atoms. The van der Waals surface area contributed by atoms with Gasteiger partial charge in [-0.2, -0.15) is 23.5 Å². The fourth-order valence-electron chi connectivity index (χ4n) is 5.33. The molecule has 1 N–H and O–H groups in total. The first-order valence-electron chi connectivity index (χ1n) is 11.7. The van der Waals surface area contributed by atoms with Gasteiger partial charge in [0.05, 0.1) is 23.3 Å². The summed E-state index contributed by atoms with van der Waals surface area (Å²) in [5.74, 6) is -0.263. The topological polar surface area (TPSA) is 86.8 Å². The molecule has 5 rings (SSSR count). The van der Waals surface area contributed by atoms with Gasteiger partial charge in [0.25, 0.3) is 5.91 Å². The summed E-state index contributed by atoms with van der Waals surface area (Å²) in [4.78, 5) is 19.4. The summed E-state index contributed by atoms with van der Waals surface area (Å²) in [6.07, 6.45) is -0.456. The van der Waals surface area contributed by atoms with Crippen LogP contribution in [0.25, 0.3) is 22.3 Å². The van der Waals surface area contributed by atoms with Crippen LogP contribution in [0.4, 0.5) is 13.2 Å². The number of aromatic nitrogens is 3. The maximum atomic E-state index is 13.1. The Kier molecular flexibility index (Phi) is 5.87. The van der Waals surface area contributed by atoms with Gasteiger partial charge in [-0.15, -0.1) is 0 Å². The normalized spacial score (nSPS) is 21.5. The summed E-state index contributed by atoms with van der Waals surface area (Å²) in [6.45, 7) is 1.92. The first kappa shape index (κ1) is 23.1. The number of hydrogen-bond acceptors (Lipinski definition) is 5. The number of aryl methyl sites for hydroxylation is 2. The van der Waals surface area contributed by atoms with E-state index in [4.69, 9.17) is 0 Å². The van der Waals surface area contributed by atoms with E-state index in [-0.39, 0.29) is 37.0 Å². The van der Waals surface area contributed by atoms with Crippen LogP contribution >= 0.6 is 0 Å². The van der Waals surface area contributed by atoms with Gasteiger partial charge in [0.15, 0.2) is 6.19 Å². The number of nitrogens with one attached hydrogen (secondary N) is 1. The third-order valence-electron chi connectivity index (χ3n) is 6.94. The first-order chi connectivity index (χ1) is 16.7. The number of rotatable bonds is 6. The largest absolute Gasteiger partial charge is 0.389 e. The Hall–Kier alpha value is -3.61. The van der Waals surface area contributed by atoms with Gasteiger partial charge in [-0.25, -0.2) is 0 Å². The van der Waals surface area contributed by atoms with E-state index in [0.717, 1.165) is 30.3 Å². The van der Waals surface area contributed by atoms with E-state index in [1.54, 1.807) is 23.1 Å². The Morgan fingerprint density at radius 3 is 2.80 bits per heavy atom. The standard InChI is InChI=1S/C25H25F3N6O/c1-15-4-2-5-19(30-15)23-18-8-6-16(12-22(18)34(32-23)11-3-10-25(26,27)28)24(35)31-20-13-17-7-9-21(20)33(17)14-29/h2,4-6,8,12,17,20-21H,3,7,9-11,13H2,1H3,(H,31,35)/t17-,20+,21+/m0/s1. The number of carbonyl (C=O) groups is 1. The second-order valence-corrected chi connectivity index (χ2v) is 9.31. The van der Waals surface area contributed by atoms with Crippen molar-refractivity contribution < 1.29 is 18.0 Å². The average Bonchev–Trinajstić information content (AvgIpc) is 3.48. The van der Waals surface area contributed by atoms with E-state index in [2.05, 4.69) is 21.6 Å². The van der Waals surface area contributed by atoms with Gasteiger partial charge in [-0.1, -0.05) is 6.07 Å². The quantitative estimate of drug-likeness (QED) is 0.521. The van der Waals surface area contributed by atoms with Crippen LogP contribution in [0.5, 0.6) is 0 Å². The van der Waals surface area contributed by atoms with Crippen LogP contribution in [0.15, 0.2) is 36.4 Å². The van der Waals surface area contributed by atoms with Crippen LogP contribution in [0.2, 0.25) is 0 Å². The van der Waals surface area contributed by atoms with Crippen LogP contribution in [0.3, 0.4) is 0 Å². The molecule has 0 radical (unpaired) electrons. The number of fused-ring (bicyclic) bond motifs is 3. The zero-order valence-electron chi connectivity index (χ0n) is 19.2. The lowest BCUT2D eigenvalue weighted by atomic mass is 9.95. The Bertz CT molecular complexity index is 1310. The van der Waals surface area contributed by atoms with Gasteiger partial charge in [0.1, 0.15) is 5.69 Å². The fraction of sp³-hybridized carbons (Fsp3) is 0.440. The van der Waals surface area contributed by atoms with E-state index in [1.807, 2.05) is 25.1 Å². The summed E-state index contributed by atoms with van der Waals surface area (Å²) < 4.78 is 39.8. The van der Waals surface area contributed by atoms with Gasteiger partial charge < -0.3 is 10.2 Å². The number of hydrogen-bond donors (Lipinski definition) is 1. The van der Waals surface area contributed by atoms with E-state index in [9.17, 15) is 23.2 Å². The molecule has 3 atom stereocenters. The van der Waals surface area contributed by atoms with Gasteiger partial charge in [-0.05, 0) is 62.9 Å². The summed E-state index contributed by atoms with van der Waals surface area (Å²) in [6, 6.07) is 10.8. The fourth-order valence-corrected chi connectivity index (χ4v) is 5.33. The SMILES string of the molecule is Cc1cccc(-c2nn(CCCC(F)(F)F)c3cc(C(=O)N[C@@H]4C[C@@H]5CC[C@H]4N5C#N)ccc23)n1. The maximum absolute atomic E-state index is 13.1. The Labute approximate surface area is 200 Å². The van der Waals surface area contributed by atoms with Crippen molar-refractivity contribution in [3.8, 4) is 17.6 Å². The number of pyridine rings is 1. The minimum atomic E-state index is -4.24. The van der Waals surface area contributed by atoms with E-state index >= 15 is 0 Å². The van der Waals surface area contributed by atoms with Crippen LogP contribution in [0, 0.1) is 18.4 Å². The highest BCUT2D eigenvalue weighted by Gasteiger charge is 2.46. The zero-order chi connectivity index (χ0) is 24.7. The van der Waals surface area contributed by atoms with E-state index < -0.39 is 12.6 Å². The zero-order valence-corrected chi connectivity index (χ0v) is 19.2. The molecule has 0 aliphatic carbocycles. The monoisotopic (exact) mass is 482 g/mol. The number of nitrogens with zero attached hydrogens (tertiary/aromatic N) is 5. The Morgan fingerprint density at radius 1 is 1.26 bits per heavy atom. The van der Waals surface area contributed by atoms with Crippen molar-refractivity contribution >= 4 is 16.8 Å². The molecule has 7 nitrogen and oxygen atoms in total. The smallest absolute Gasteiger partial charge is 0.347 e. The van der Waals surface area contributed by atoms with Gasteiger partial charge in [0, 0.05) is 35.7 Å². The molecule has 2 aliphatic heterocycles. The molecule has 2 fully saturated rings.